The van der Waals surface area contributed by atoms with Gasteiger partial charge in [0.1, 0.15) is 6.10 Å². The van der Waals surface area contributed by atoms with Gasteiger partial charge in [0, 0.05) is 19.3 Å². The molecule has 0 amide bonds. The first-order valence-electron chi connectivity index (χ1n) is 5.49. The zero-order chi connectivity index (χ0) is 10.4. The first kappa shape index (κ1) is 11.5. The molecular formula is C11H20O3. The maximum Gasteiger partial charge on any atom is 0.302 e. The topological polar surface area (TPSA) is 35.5 Å². The predicted molar refractivity (Wildman–Crippen MR) is 54.0 cm³/mol. The molecule has 0 radical (unpaired) electrons. The lowest BCUT2D eigenvalue weighted by molar-refractivity contribution is -0.156. The van der Waals surface area contributed by atoms with Gasteiger partial charge in [-0.25, -0.2) is 0 Å². The van der Waals surface area contributed by atoms with Gasteiger partial charge < -0.3 is 9.47 Å². The fraction of sp³-hybridized carbons (Fsp3) is 0.909. The number of rotatable bonds is 4. The number of hydrogen-bond acceptors (Lipinski definition) is 3. The highest BCUT2D eigenvalue weighted by atomic mass is 16.6. The van der Waals surface area contributed by atoms with Gasteiger partial charge in [-0.2, -0.15) is 0 Å². The van der Waals surface area contributed by atoms with Crippen molar-refractivity contribution >= 4 is 5.97 Å². The molecule has 1 fully saturated rings. The molecule has 1 aliphatic rings. The molecule has 1 heterocycles. The molecule has 0 aromatic rings. The molecule has 1 rings (SSSR count). The zero-order valence-corrected chi connectivity index (χ0v) is 9.12. The Kier molecular flexibility index (Phi) is 4.94. The average Bonchev–Trinajstić information content (AvgIpc) is 2.16. The summed E-state index contributed by atoms with van der Waals surface area (Å²) in [5.74, 6) is 0.242. The van der Waals surface area contributed by atoms with Gasteiger partial charge in [0.05, 0.1) is 13.2 Å². The van der Waals surface area contributed by atoms with Gasteiger partial charge in [0.2, 0.25) is 0 Å². The number of carbonyl (C=O) groups is 1. The molecule has 1 saturated heterocycles. The Hall–Kier alpha value is -0.570. The minimum absolute atomic E-state index is 0.0906. The minimum Gasteiger partial charge on any atom is -0.462 e. The van der Waals surface area contributed by atoms with E-state index in [1.165, 1.54) is 19.8 Å². The smallest absolute Gasteiger partial charge is 0.302 e. The third-order valence-corrected chi connectivity index (χ3v) is 2.65. The standard InChI is InChI=1S/C11H20O3/c1-3-4-5-10-8-13-7-6-11(10)14-9(2)12/h10-11H,3-8H2,1-2H3. The highest BCUT2D eigenvalue weighted by Crippen LogP contribution is 2.23. The van der Waals surface area contributed by atoms with Crippen LogP contribution >= 0.6 is 0 Å². The van der Waals surface area contributed by atoms with Gasteiger partial charge in [-0.1, -0.05) is 19.8 Å². The quantitative estimate of drug-likeness (QED) is 0.652. The largest absolute Gasteiger partial charge is 0.462 e. The molecule has 82 valence electrons. The summed E-state index contributed by atoms with van der Waals surface area (Å²) < 4.78 is 10.7. The van der Waals surface area contributed by atoms with Crippen LogP contribution in [0.15, 0.2) is 0 Å². The summed E-state index contributed by atoms with van der Waals surface area (Å²) in [5.41, 5.74) is 0. The zero-order valence-electron chi connectivity index (χ0n) is 9.12. The van der Waals surface area contributed by atoms with Gasteiger partial charge >= 0.3 is 5.97 Å². The SMILES string of the molecule is CCCCC1COCCC1OC(C)=O. The summed E-state index contributed by atoms with van der Waals surface area (Å²) in [4.78, 5) is 10.9. The lowest BCUT2D eigenvalue weighted by atomic mass is 9.93. The highest BCUT2D eigenvalue weighted by Gasteiger charge is 2.27. The van der Waals surface area contributed by atoms with E-state index >= 15 is 0 Å². The number of carbonyl (C=O) groups excluding carboxylic acids is 1. The fourth-order valence-electron chi connectivity index (χ4n) is 1.88. The van der Waals surface area contributed by atoms with Gasteiger partial charge in [0.15, 0.2) is 0 Å². The van der Waals surface area contributed by atoms with Crippen molar-refractivity contribution in [3.8, 4) is 0 Å². The van der Waals surface area contributed by atoms with Crippen LogP contribution in [0.1, 0.15) is 39.5 Å². The second-order valence-corrected chi connectivity index (χ2v) is 3.91. The molecule has 0 aromatic carbocycles. The molecule has 2 unspecified atom stereocenters. The summed E-state index contributed by atoms with van der Waals surface area (Å²) in [6, 6.07) is 0. The van der Waals surface area contributed by atoms with Crippen molar-refractivity contribution in [2.45, 2.75) is 45.6 Å². The van der Waals surface area contributed by atoms with Crippen molar-refractivity contribution in [2.24, 2.45) is 5.92 Å². The molecule has 0 bridgehead atoms. The van der Waals surface area contributed by atoms with Crippen LogP contribution in [0.3, 0.4) is 0 Å². The van der Waals surface area contributed by atoms with E-state index in [0.29, 0.717) is 5.92 Å². The molecule has 0 saturated carbocycles. The Morgan fingerprint density at radius 2 is 2.36 bits per heavy atom. The van der Waals surface area contributed by atoms with Crippen LogP contribution in [0.25, 0.3) is 0 Å². The molecule has 14 heavy (non-hydrogen) atoms. The van der Waals surface area contributed by atoms with Crippen molar-refractivity contribution in [1.29, 1.82) is 0 Å². The molecule has 3 nitrogen and oxygen atoms in total. The average molecular weight is 200 g/mol. The summed E-state index contributed by atoms with van der Waals surface area (Å²) in [5, 5.41) is 0. The fourth-order valence-corrected chi connectivity index (χ4v) is 1.88. The molecule has 1 aliphatic heterocycles. The Labute approximate surface area is 85.8 Å². The van der Waals surface area contributed by atoms with E-state index in [1.54, 1.807) is 0 Å². The van der Waals surface area contributed by atoms with Crippen LogP contribution in [0.4, 0.5) is 0 Å². The van der Waals surface area contributed by atoms with Crippen LogP contribution in [0.5, 0.6) is 0 Å². The normalized spacial score (nSPS) is 27.3. The van der Waals surface area contributed by atoms with Crippen molar-refractivity contribution in [3.05, 3.63) is 0 Å². The number of esters is 1. The molecule has 2 atom stereocenters. The second kappa shape index (κ2) is 6.02. The lowest BCUT2D eigenvalue weighted by Crippen LogP contribution is -2.35. The van der Waals surface area contributed by atoms with Gasteiger partial charge in [-0.15, -0.1) is 0 Å². The molecule has 0 aromatic heterocycles. The molecule has 0 N–H and O–H groups in total. The summed E-state index contributed by atoms with van der Waals surface area (Å²) in [6.07, 6.45) is 4.42. The summed E-state index contributed by atoms with van der Waals surface area (Å²) in [6.45, 7) is 5.12. The van der Waals surface area contributed by atoms with Crippen molar-refractivity contribution < 1.29 is 14.3 Å². The third-order valence-electron chi connectivity index (χ3n) is 2.65. The lowest BCUT2D eigenvalue weighted by Gasteiger charge is -2.30. The van der Waals surface area contributed by atoms with E-state index in [9.17, 15) is 4.79 Å². The Bertz CT molecular complexity index is 179. The first-order valence-corrected chi connectivity index (χ1v) is 5.49. The van der Waals surface area contributed by atoms with Crippen molar-refractivity contribution in [2.75, 3.05) is 13.2 Å². The minimum atomic E-state index is -0.168. The van der Waals surface area contributed by atoms with Crippen molar-refractivity contribution in [3.63, 3.8) is 0 Å². The highest BCUT2D eigenvalue weighted by molar-refractivity contribution is 5.66. The monoisotopic (exact) mass is 200 g/mol. The van der Waals surface area contributed by atoms with E-state index in [4.69, 9.17) is 9.47 Å². The van der Waals surface area contributed by atoms with Crippen LogP contribution in [0, 0.1) is 5.92 Å². The van der Waals surface area contributed by atoms with Crippen LogP contribution in [0.2, 0.25) is 0 Å². The number of unbranched alkanes of at least 4 members (excludes halogenated alkanes) is 1. The van der Waals surface area contributed by atoms with Crippen LogP contribution < -0.4 is 0 Å². The Morgan fingerprint density at radius 1 is 1.57 bits per heavy atom. The maximum atomic E-state index is 10.9. The van der Waals surface area contributed by atoms with Crippen molar-refractivity contribution in [1.82, 2.24) is 0 Å². The molecular weight excluding hydrogens is 180 g/mol. The van der Waals surface area contributed by atoms with Crippen LogP contribution in [-0.2, 0) is 14.3 Å². The van der Waals surface area contributed by atoms with Gasteiger partial charge in [-0.05, 0) is 6.42 Å². The van der Waals surface area contributed by atoms with E-state index in [2.05, 4.69) is 6.92 Å². The molecule has 0 spiro atoms. The Balaban J connectivity index is 2.37. The van der Waals surface area contributed by atoms with Gasteiger partial charge in [0.25, 0.3) is 0 Å². The first-order chi connectivity index (χ1) is 6.74. The van der Waals surface area contributed by atoms with E-state index in [1.807, 2.05) is 0 Å². The van der Waals surface area contributed by atoms with Crippen LogP contribution in [-0.4, -0.2) is 25.3 Å². The van der Waals surface area contributed by atoms with E-state index in [0.717, 1.165) is 26.1 Å². The summed E-state index contributed by atoms with van der Waals surface area (Å²) in [7, 11) is 0. The number of hydrogen-bond donors (Lipinski definition) is 0. The molecule has 0 aliphatic carbocycles. The Morgan fingerprint density at radius 3 is 3.00 bits per heavy atom. The maximum absolute atomic E-state index is 10.9. The molecule has 3 heteroatoms. The van der Waals surface area contributed by atoms with E-state index < -0.39 is 0 Å². The summed E-state index contributed by atoms with van der Waals surface area (Å²) >= 11 is 0. The predicted octanol–water partition coefficient (Wildman–Crippen LogP) is 2.14. The van der Waals surface area contributed by atoms with Gasteiger partial charge in [-0.3, -0.25) is 4.79 Å². The van der Waals surface area contributed by atoms with E-state index in [-0.39, 0.29) is 12.1 Å². The number of ether oxygens (including phenoxy) is 2. The third kappa shape index (κ3) is 3.66. The second-order valence-electron chi connectivity index (χ2n) is 3.91.